The van der Waals surface area contributed by atoms with Crippen LogP contribution in [0.15, 0.2) is 12.4 Å². The molecule has 4 heteroatoms. The third kappa shape index (κ3) is 1.76. The number of nitrogens with zero attached hydrogens (tertiary/aromatic N) is 1. The van der Waals surface area contributed by atoms with Crippen molar-refractivity contribution >= 4 is 23.2 Å². The first kappa shape index (κ1) is 8.62. The second kappa shape index (κ2) is 3.28. The summed E-state index contributed by atoms with van der Waals surface area (Å²) < 4.78 is 0.581. The van der Waals surface area contributed by atoms with Crippen LogP contribution in [0.5, 0.6) is 0 Å². The highest BCUT2D eigenvalue weighted by Gasteiger charge is 2.08. The van der Waals surface area contributed by atoms with Gasteiger partial charge in [0.05, 0.1) is 0 Å². The van der Waals surface area contributed by atoms with Crippen LogP contribution in [0.2, 0.25) is 10.0 Å². The number of rotatable bonds is 1. The molecule has 1 aromatic rings. The van der Waals surface area contributed by atoms with Crippen molar-refractivity contribution in [3.05, 3.63) is 39.6 Å². The van der Waals surface area contributed by atoms with E-state index in [0.717, 1.165) is 0 Å². The fourth-order valence-corrected chi connectivity index (χ4v) is 1.45. The monoisotopic (exact) mass is 190 g/mol. The SMILES string of the molecule is C[CH]c1c(Cl)c[n+]([O-])cc1Cl. The van der Waals surface area contributed by atoms with Gasteiger partial charge >= 0.3 is 0 Å². The molecule has 59 valence electrons. The van der Waals surface area contributed by atoms with Gasteiger partial charge < -0.3 is 5.21 Å². The average molecular weight is 191 g/mol. The summed E-state index contributed by atoms with van der Waals surface area (Å²) in [5.74, 6) is 0. The van der Waals surface area contributed by atoms with Crippen molar-refractivity contribution in [2.24, 2.45) is 0 Å². The van der Waals surface area contributed by atoms with E-state index in [-0.39, 0.29) is 0 Å². The maximum Gasteiger partial charge on any atom is 0.199 e. The summed E-state index contributed by atoms with van der Waals surface area (Å²) in [6.07, 6.45) is 4.29. The molecule has 0 N–H and O–H groups in total. The summed E-state index contributed by atoms with van der Waals surface area (Å²) in [7, 11) is 0. The highest BCUT2D eigenvalue weighted by molar-refractivity contribution is 6.35. The Balaban J connectivity index is 3.25. The third-order valence-corrected chi connectivity index (χ3v) is 1.89. The molecule has 0 unspecified atom stereocenters. The summed E-state index contributed by atoms with van der Waals surface area (Å²) in [5, 5.41) is 11.5. The van der Waals surface area contributed by atoms with Crippen molar-refractivity contribution in [2.45, 2.75) is 6.92 Å². The van der Waals surface area contributed by atoms with Crippen LogP contribution in [-0.4, -0.2) is 0 Å². The number of hydrogen-bond donors (Lipinski definition) is 0. The molecule has 1 radical (unpaired) electrons. The normalized spacial score (nSPS) is 10.1. The van der Waals surface area contributed by atoms with E-state index in [1.165, 1.54) is 12.4 Å². The van der Waals surface area contributed by atoms with Gasteiger partial charge in [-0.25, -0.2) is 0 Å². The summed E-state index contributed by atoms with van der Waals surface area (Å²) in [4.78, 5) is 0. The van der Waals surface area contributed by atoms with Crippen LogP contribution in [0.1, 0.15) is 12.5 Å². The largest absolute Gasteiger partial charge is 0.619 e. The van der Waals surface area contributed by atoms with Crippen LogP contribution in [0.3, 0.4) is 0 Å². The van der Waals surface area contributed by atoms with E-state index in [1.54, 1.807) is 6.42 Å². The lowest BCUT2D eigenvalue weighted by atomic mass is 10.2. The first-order valence-corrected chi connectivity index (χ1v) is 3.78. The highest BCUT2D eigenvalue weighted by Crippen LogP contribution is 2.22. The minimum atomic E-state index is 0.370. The van der Waals surface area contributed by atoms with Crippen molar-refractivity contribution in [2.75, 3.05) is 0 Å². The first-order valence-electron chi connectivity index (χ1n) is 3.02. The second-order valence-electron chi connectivity index (χ2n) is 2.02. The molecule has 0 saturated carbocycles. The standard InChI is InChI=1S/C7H6Cl2NO/c1-2-5-6(8)3-10(11)4-7(5)9/h2-4H,1H3. The van der Waals surface area contributed by atoms with Gasteiger partial charge in [-0.1, -0.05) is 30.1 Å². The van der Waals surface area contributed by atoms with E-state index < -0.39 is 0 Å². The first-order chi connectivity index (χ1) is 5.15. The average Bonchev–Trinajstić information content (AvgIpc) is 1.85. The van der Waals surface area contributed by atoms with Gasteiger partial charge in [0, 0.05) is 5.56 Å². The zero-order valence-electron chi connectivity index (χ0n) is 5.84. The molecule has 0 aromatic carbocycles. The Hall–Kier alpha value is -0.470. The quantitative estimate of drug-likeness (QED) is 0.493. The lowest BCUT2D eigenvalue weighted by Gasteiger charge is -2.02. The zero-order valence-corrected chi connectivity index (χ0v) is 7.36. The molecule has 1 heterocycles. The van der Waals surface area contributed by atoms with E-state index in [1.807, 2.05) is 6.92 Å². The molecule has 1 rings (SSSR count). The Morgan fingerprint density at radius 3 is 2.18 bits per heavy atom. The van der Waals surface area contributed by atoms with Crippen LogP contribution >= 0.6 is 23.2 Å². The molecule has 0 bridgehead atoms. The van der Waals surface area contributed by atoms with Crippen molar-refractivity contribution < 1.29 is 4.73 Å². The van der Waals surface area contributed by atoms with Gasteiger partial charge in [0.15, 0.2) is 12.4 Å². The van der Waals surface area contributed by atoms with Gasteiger partial charge in [0.25, 0.3) is 0 Å². The molecule has 1 aromatic heterocycles. The van der Waals surface area contributed by atoms with Crippen LogP contribution in [0.4, 0.5) is 0 Å². The molecule has 0 spiro atoms. The molecular weight excluding hydrogens is 185 g/mol. The lowest BCUT2D eigenvalue weighted by Crippen LogP contribution is -2.24. The van der Waals surface area contributed by atoms with Crippen LogP contribution < -0.4 is 4.73 Å². The van der Waals surface area contributed by atoms with Gasteiger partial charge in [-0.05, 0) is 6.42 Å². The minimum Gasteiger partial charge on any atom is -0.619 e. The number of pyridine rings is 1. The van der Waals surface area contributed by atoms with Gasteiger partial charge in [-0.15, -0.1) is 0 Å². The maximum absolute atomic E-state index is 10.7. The molecule has 0 fully saturated rings. The predicted octanol–water partition coefficient (Wildman–Crippen LogP) is 2.20. The molecule has 0 amide bonds. The Bertz CT molecular complexity index is 252. The van der Waals surface area contributed by atoms with Crippen LogP contribution in [-0.2, 0) is 0 Å². The number of hydrogen-bond acceptors (Lipinski definition) is 1. The highest BCUT2D eigenvalue weighted by atomic mass is 35.5. The Labute approximate surface area is 74.9 Å². The molecule has 0 atom stereocenters. The second-order valence-corrected chi connectivity index (χ2v) is 2.83. The minimum absolute atomic E-state index is 0.370. The fraction of sp³-hybridized carbons (Fsp3) is 0.143. The molecule has 0 saturated heterocycles. The molecular formula is C7H6Cl2NO. The maximum atomic E-state index is 10.7. The van der Waals surface area contributed by atoms with Gasteiger partial charge in [0.2, 0.25) is 0 Å². The van der Waals surface area contributed by atoms with Crippen LogP contribution in [0.25, 0.3) is 0 Å². The number of halogens is 2. The molecule has 0 aliphatic heterocycles. The van der Waals surface area contributed by atoms with E-state index in [4.69, 9.17) is 23.2 Å². The van der Waals surface area contributed by atoms with E-state index in [9.17, 15) is 5.21 Å². The van der Waals surface area contributed by atoms with Crippen molar-refractivity contribution in [1.29, 1.82) is 0 Å². The Kier molecular flexibility index (Phi) is 2.58. The van der Waals surface area contributed by atoms with Gasteiger partial charge in [0.1, 0.15) is 10.0 Å². The molecule has 0 aliphatic rings. The molecule has 2 nitrogen and oxygen atoms in total. The van der Waals surface area contributed by atoms with Crippen molar-refractivity contribution in [1.82, 2.24) is 0 Å². The van der Waals surface area contributed by atoms with E-state index >= 15 is 0 Å². The summed E-state index contributed by atoms with van der Waals surface area (Å²) in [6, 6.07) is 0. The van der Waals surface area contributed by atoms with Gasteiger partial charge in [-0.3, -0.25) is 0 Å². The van der Waals surface area contributed by atoms with E-state index in [0.29, 0.717) is 20.3 Å². The Morgan fingerprint density at radius 1 is 1.36 bits per heavy atom. The fourth-order valence-electron chi connectivity index (χ4n) is 0.790. The summed E-state index contributed by atoms with van der Waals surface area (Å²) in [5.41, 5.74) is 0.695. The van der Waals surface area contributed by atoms with Gasteiger partial charge in [-0.2, -0.15) is 4.73 Å². The van der Waals surface area contributed by atoms with E-state index in [2.05, 4.69) is 0 Å². The third-order valence-electron chi connectivity index (χ3n) is 1.28. The molecule has 0 aliphatic carbocycles. The molecule has 11 heavy (non-hydrogen) atoms. The summed E-state index contributed by atoms with van der Waals surface area (Å²) in [6.45, 7) is 1.81. The van der Waals surface area contributed by atoms with Crippen molar-refractivity contribution in [3.8, 4) is 0 Å². The Morgan fingerprint density at radius 2 is 1.82 bits per heavy atom. The topological polar surface area (TPSA) is 26.9 Å². The smallest absolute Gasteiger partial charge is 0.199 e. The zero-order chi connectivity index (χ0) is 8.43. The summed E-state index contributed by atoms with van der Waals surface area (Å²) >= 11 is 11.4. The van der Waals surface area contributed by atoms with Crippen molar-refractivity contribution in [3.63, 3.8) is 0 Å². The lowest BCUT2D eigenvalue weighted by molar-refractivity contribution is -0.605. The van der Waals surface area contributed by atoms with Crippen LogP contribution in [0, 0.1) is 11.6 Å². The number of aromatic nitrogens is 1. The predicted molar refractivity (Wildman–Crippen MR) is 44.5 cm³/mol.